The van der Waals surface area contributed by atoms with Crippen molar-refractivity contribution >= 4 is 10.0 Å². The van der Waals surface area contributed by atoms with Crippen LogP contribution in [0.1, 0.15) is 12.8 Å². The number of halogens is 3. The predicted octanol–water partition coefficient (Wildman–Crippen LogP) is 2.92. The lowest BCUT2D eigenvalue weighted by Crippen LogP contribution is -2.32. The Labute approximate surface area is 109 Å². The summed E-state index contributed by atoms with van der Waals surface area (Å²) in [4.78, 5) is -0.00493. The van der Waals surface area contributed by atoms with E-state index in [1.807, 2.05) is 0 Å². The lowest BCUT2D eigenvalue weighted by Gasteiger charge is -2.27. The van der Waals surface area contributed by atoms with Gasteiger partial charge in [-0.25, -0.2) is 8.42 Å². The largest absolute Gasteiger partial charge is 0.414 e. The van der Waals surface area contributed by atoms with Crippen LogP contribution in [0.4, 0.5) is 13.2 Å². The van der Waals surface area contributed by atoms with Gasteiger partial charge in [-0.15, -0.1) is 0 Å². The van der Waals surface area contributed by atoms with Crippen molar-refractivity contribution < 1.29 is 21.6 Å². The average molecular weight is 291 g/mol. The number of rotatable bonds is 2. The predicted molar refractivity (Wildman–Crippen MR) is 63.7 cm³/mol. The minimum Gasteiger partial charge on any atom is -0.273 e. The zero-order valence-corrected chi connectivity index (χ0v) is 10.7. The van der Waals surface area contributed by atoms with Crippen LogP contribution >= 0.6 is 0 Å². The van der Waals surface area contributed by atoms with Crippen LogP contribution in [0.3, 0.4) is 0 Å². The summed E-state index contributed by atoms with van der Waals surface area (Å²) < 4.78 is 63.0. The smallest absolute Gasteiger partial charge is 0.273 e. The third-order valence-corrected chi connectivity index (χ3v) is 4.61. The van der Waals surface area contributed by atoms with Gasteiger partial charge >= 0.3 is 6.18 Å². The van der Waals surface area contributed by atoms with Crippen LogP contribution in [0.15, 0.2) is 47.0 Å². The summed E-state index contributed by atoms with van der Waals surface area (Å²) in [7, 11) is -3.90. The highest BCUT2D eigenvalue weighted by molar-refractivity contribution is 7.89. The SMILES string of the molecule is O=S(=O)(c1ccccc1)N1C=C(C(F)(F)F)CCC1. The molecule has 1 aliphatic heterocycles. The lowest BCUT2D eigenvalue weighted by atomic mass is 10.1. The van der Waals surface area contributed by atoms with Gasteiger partial charge in [0, 0.05) is 12.7 Å². The Balaban J connectivity index is 2.37. The second-order valence-electron chi connectivity index (χ2n) is 4.18. The summed E-state index contributed by atoms with van der Waals surface area (Å²) >= 11 is 0. The molecule has 0 spiro atoms. The summed E-state index contributed by atoms with van der Waals surface area (Å²) in [6.07, 6.45) is -3.77. The summed E-state index contributed by atoms with van der Waals surface area (Å²) in [5.41, 5.74) is -0.807. The molecular formula is C12H12F3NO2S. The Bertz CT molecular complexity index is 579. The van der Waals surface area contributed by atoms with Gasteiger partial charge in [-0.05, 0) is 25.0 Å². The van der Waals surface area contributed by atoms with Gasteiger partial charge in [-0.2, -0.15) is 13.2 Å². The Morgan fingerprint density at radius 1 is 1.11 bits per heavy atom. The maximum Gasteiger partial charge on any atom is 0.414 e. The van der Waals surface area contributed by atoms with E-state index in [1.54, 1.807) is 6.07 Å². The standard InChI is InChI=1S/C12H12F3NO2S/c13-12(14,15)10-5-4-8-16(9-10)19(17,18)11-6-2-1-3-7-11/h1-3,6-7,9H,4-5,8H2. The molecule has 0 bridgehead atoms. The van der Waals surface area contributed by atoms with Crippen LogP contribution in [-0.4, -0.2) is 25.4 Å². The van der Waals surface area contributed by atoms with E-state index in [0.29, 0.717) is 6.20 Å². The number of hydrogen-bond donors (Lipinski definition) is 0. The van der Waals surface area contributed by atoms with Crippen molar-refractivity contribution in [2.75, 3.05) is 6.54 Å². The molecule has 0 aliphatic carbocycles. The molecule has 0 amide bonds. The first kappa shape index (κ1) is 13.9. The molecule has 1 aromatic rings. The summed E-state index contributed by atoms with van der Waals surface area (Å²) in [5, 5.41) is 0. The number of alkyl halides is 3. The minimum atomic E-state index is -4.48. The Kier molecular flexibility index (Phi) is 3.58. The molecule has 0 saturated heterocycles. The second kappa shape index (κ2) is 4.88. The highest BCUT2D eigenvalue weighted by Crippen LogP contribution is 2.33. The highest BCUT2D eigenvalue weighted by Gasteiger charge is 2.37. The van der Waals surface area contributed by atoms with Crippen molar-refractivity contribution in [1.29, 1.82) is 0 Å². The Morgan fingerprint density at radius 2 is 1.74 bits per heavy atom. The molecule has 0 N–H and O–H groups in total. The molecule has 0 saturated carbocycles. The zero-order chi connectivity index (χ0) is 14.1. The lowest BCUT2D eigenvalue weighted by molar-refractivity contribution is -0.0958. The van der Waals surface area contributed by atoms with E-state index in [-0.39, 0.29) is 24.3 Å². The molecule has 0 atom stereocenters. The second-order valence-corrected chi connectivity index (χ2v) is 6.08. The van der Waals surface area contributed by atoms with E-state index in [9.17, 15) is 21.6 Å². The van der Waals surface area contributed by atoms with E-state index in [2.05, 4.69) is 0 Å². The molecule has 3 nitrogen and oxygen atoms in total. The van der Waals surface area contributed by atoms with Gasteiger partial charge in [0.05, 0.1) is 10.5 Å². The van der Waals surface area contributed by atoms with Gasteiger partial charge in [0.1, 0.15) is 0 Å². The molecule has 2 rings (SSSR count). The molecular weight excluding hydrogens is 279 g/mol. The molecule has 19 heavy (non-hydrogen) atoms. The Morgan fingerprint density at radius 3 is 2.32 bits per heavy atom. The molecule has 104 valence electrons. The van der Waals surface area contributed by atoms with Crippen molar-refractivity contribution in [2.45, 2.75) is 23.9 Å². The quantitative estimate of drug-likeness (QED) is 0.840. The van der Waals surface area contributed by atoms with E-state index in [0.717, 1.165) is 4.31 Å². The summed E-state index contributed by atoms with van der Waals surface area (Å²) in [6.45, 7) is 0.0663. The van der Waals surface area contributed by atoms with Crippen LogP contribution in [0.5, 0.6) is 0 Å². The normalized spacial score (nSPS) is 17.2. The van der Waals surface area contributed by atoms with Crippen molar-refractivity contribution in [3.05, 3.63) is 42.1 Å². The van der Waals surface area contributed by atoms with Gasteiger partial charge in [-0.1, -0.05) is 18.2 Å². The van der Waals surface area contributed by atoms with E-state index in [1.165, 1.54) is 24.3 Å². The zero-order valence-electron chi connectivity index (χ0n) is 9.89. The third kappa shape index (κ3) is 2.91. The van der Waals surface area contributed by atoms with Crippen LogP contribution in [-0.2, 0) is 10.0 Å². The molecule has 1 aliphatic rings. The molecule has 0 unspecified atom stereocenters. The fourth-order valence-corrected chi connectivity index (χ4v) is 3.27. The van der Waals surface area contributed by atoms with Gasteiger partial charge in [0.25, 0.3) is 10.0 Å². The highest BCUT2D eigenvalue weighted by atomic mass is 32.2. The van der Waals surface area contributed by atoms with Gasteiger partial charge in [-0.3, -0.25) is 4.31 Å². The summed E-state index contributed by atoms with van der Waals surface area (Å²) in [6, 6.07) is 7.44. The number of allylic oxidation sites excluding steroid dienone is 1. The topological polar surface area (TPSA) is 37.4 Å². The van der Waals surface area contributed by atoms with E-state index >= 15 is 0 Å². The molecule has 1 heterocycles. The number of benzene rings is 1. The first-order valence-electron chi connectivity index (χ1n) is 5.66. The fraction of sp³-hybridized carbons (Fsp3) is 0.333. The van der Waals surface area contributed by atoms with Crippen LogP contribution in [0.25, 0.3) is 0 Å². The number of sulfonamides is 1. The molecule has 0 radical (unpaired) electrons. The Hall–Kier alpha value is -1.50. The number of nitrogens with zero attached hydrogens (tertiary/aromatic N) is 1. The van der Waals surface area contributed by atoms with Gasteiger partial charge in [0.15, 0.2) is 0 Å². The van der Waals surface area contributed by atoms with Crippen molar-refractivity contribution in [2.24, 2.45) is 0 Å². The van der Waals surface area contributed by atoms with Gasteiger partial charge in [0.2, 0.25) is 0 Å². The average Bonchev–Trinajstić information content (AvgIpc) is 2.39. The van der Waals surface area contributed by atoms with Crippen molar-refractivity contribution in [1.82, 2.24) is 4.31 Å². The van der Waals surface area contributed by atoms with Crippen LogP contribution < -0.4 is 0 Å². The monoisotopic (exact) mass is 291 g/mol. The molecule has 0 aromatic heterocycles. The maximum absolute atomic E-state index is 12.6. The van der Waals surface area contributed by atoms with Crippen LogP contribution in [0, 0.1) is 0 Å². The molecule has 7 heteroatoms. The first-order chi connectivity index (χ1) is 8.82. The van der Waals surface area contributed by atoms with E-state index in [4.69, 9.17) is 0 Å². The fourth-order valence-electron chi connectivity index (χ4n) is 1.86. The van der Waals surface area contributed by atoms with Crippen LogP contribution in [0.2, 0.25) is 0 Å². The number of hydrogen-bond acceptors (Lipinski definition) is 2. The van der Waals surface area contributed by atoms with Crippen molar-refractivity contribution in [3.8, 4) is 0 Å². The summed E-state index contributed by atoms with van der Waals surface area (Å²) in [5.74, 6) is 0. The van der Waals surface area contributed by atoms with Crippen molar-refractivity contribution in [3.63, 3.8) is 0 Å². The molecule has 1 aromatic carbocycles. The minimum absolute atomic E-state index is 0.00493. The maximum atomic E-state index is 12.6. The third-order valence-electron chi connectivity index (χ3n) is 2.84. The van der Waals surface area contributed by atoms with Gasteiger partial charge < -0.3 is 0 Å². The molecule has 0 fully saturated rings. The first-order valence-corrected chi connectivity index (χ1v) is 7.10. The van der Waals surface area contributed by atoms with E-state index < -0.39 is 21.8 Å².